The smallest absolute Gasteiger partial charge is 0.244 e. The van der Waals surface area contributed by atoms with Gasteiger partial charge in [-0.3, -0.25) is 9.88 Å². The first-order chi connectivity index (χ1) is 9.09. The Morgan fingerprint density at radius 3 is 2.95 bits per heavy atom. The molecule has 2 aliphatic rings. The Balaban J connectivity index is 1.89. The first kappa shape index (κ1) is 13.0. The van der Waals surface area contributed by atoms with Gasteiger partial charge in [0.15, 0.2) is 0 Å². The van der Waals surface area contributed by atoms with E-state index >= 15 is 0 Å². The molecule has 0 N–H and O–H groups in total. The molecule has 1 aromatic heterocycles. The van der Waals surface area contributed by atoms with Crippen molar-refractivity contribution in [2.45, 2.75) is 36.7 Å². The number of nitrogens with zero attached hydrogens (tertiary/aromatic N) is 3. The van der Waals surface area contributed by atoms with E-state index in [0.717, 1.165) is 19.5 Å². The van der Waals surface area contributed by atoms with Crippen molar-refractivity contribution in [1.82, 2.24) is 14.2 Å². The molecule has 3 rings (SSSR count). The zero-order chi connectivity index (χ0) is 13.5. The summed E-state index contributed by atoms with van der Waals surface area (Å²) >= 11 is 0. The predicted molar refractivity (Wildman–Crippen MR) is 72.2 cm³/mol. The molecule has 104 valence electrons. The molecule has 0 bridgehead atoms. The molecule has 2 aliphatic heterocycles. The minimum atomic E-state index is -3.41. The first-order valence-corrected chi connectivity index (χ1v) is 8.19. The highest BCUT2D eigenvalue weighted by Gasteiger charge is 2.40. The number of pyridine rings is 1. The van der Waals surface area contributed by atoms with Gasteiger partial charge in [-0.25, -0.2) is 8.42 Å². The van der Waals surface area contributed by atoms with E-state index in [2.05, 4.69) is 9.88 Å². The lowest BCUT2D eigenvalue weighted by Crippen LogP contribution is -2.56. The van der Waals surface area contributed by atoms with Gasteiger partial charge in [-0.2, -0.15) is 4.31 Å². The summed E-state index contributed by atoms with van der Waals surface area (Å²) in [4.78, 5) is 6.64. The van der Waals surface area contributed by atoms with Crippen LogP contribution in [-0.4, -0.2) is 54.3 Å². The molecule has 1 aromatic rings. The number of hydrogen-bond donors (Lipinski definition) is 0. The standard InChI is InChI=1S/C13H19N3O2S/c1-11-9-15-7-3-4-12(15)10-16(11)19(17,18)13-5-2-6-14-8-13/h2,5-6,8,11-12H,3-4,7,9-10H2,1H3/t11-,12-/m1/s1. The molecular weight excluding hydrogens is 262 g/mol. The summed E-state index contributed by atoms with van der Waals surface area (Å²) in [5.74, 6) is 0. The minimum absolute atomic E-state index is 0.0274. The molecule has 3 heterocycles. The van der Waals surface area contributed by atoms with Crippen molar-refractivity contribution < 1.29 is 8.42 Å². The van der Waals surface area contributed by atoms with Crippen LogP contribution < -0.4 is 0 Å². The summed E-state index contributed by atoms with van der Waals surface area (Å²) in [5, 5.41) is 0. The zero-order valence-corrected chi connectivity index (χ0v) is 11.9. The molecule has 19 heavy (non-hydrogen) atoms. The van der Waals surface area contributed by atoms with Gasteiger partial charge in [0.05, 0.1) is 0 Å². The van der Waals surface area contributed by atoms with E-state index < -0.39 is 10.0 Å². The van der Waals surface area contributed by atoms with E-state index in [-0.39, 0.29) is 6.04 Å². The second-order valence-electron chi connectivity index (χ2n) is 5.40. The van der Waals surface area contributed by atoms with Crippen molar-refractivity contribution in [3.05, 3.63) is 24.5 Å². The van der Waals surface area contributed by atoms with Crippen LogP contribution in [-0.2, 0) is 10.0 Å². The van der Waals surface area contributed by atoms with Gasteiger partial charge in [0.25, 0.3) is 0 Å². The van der Waals surface area contributed by atoms with Gasteiger partial charge in [-0.05, 0) is 38.4 Å². The van der Waals surface area contributed by atoms with E-state index in [4.69, 9.17) is 0 Å². The monoisotopic (exact) mass is 281 g/mol. The van der Waals surface area contributed by atoms with Gasteiger partial charge < -0.3 is 0 Å². The van der Waals surface area contributed by atoms with Crippen LogP contribution in [0.25, 0.3) is 0 Å². The molecule has 0 aliphatic carbocycles. The predicted octanol–water partition coefficient (Wildman–Crippen LogP) is 0.939. The van der Waals surface area contributed by atoms with E-state index in [9.17, 15) is 8.42 Å². The molecule has 2 fully saturated rings. The lowest BCUT2D eigenvalue weighted by Gasteiger charge is -2.41. The second kappa shape index (κ2) is 4.85. The molecule has 0 aromatic carbocycles. The van der Waals surface area contributed by atoms with Crippen molar-refractivity contribution in [3.8, 4) is 0 Å². The largest absolute Gasteiger partial charge is 0.297 e. The summed E-state index contributed by atoms with van der Waals surface area (Å²) < 4.78 is 27.0. The molecular formula is C13H19N3O2S. The van der Waals surface area contributed by atoms with Crippen LogP contribution >= 0.6 is 0 Å². The third-order valence-electron chi connectivity index (χ3n) is 4.12. The van der Waals surface area contributed by atoms with Crippen molar-refractivity contribution in [3.63, 3.8) is 0 Å². The van der Waals surface area contributed by atoms with Crippen LogP contribution in [0.3, 0.4) is 0 Å². The number of fused-ring (bicyclic) bond motifs is 1. The van der Waals surface area contributed by atoms with Crippen molar-refractivity contribution in [2.24, 2.45) is 0 Å². The average Bonchev–Trinajstić information content (AvgIpc) is 2.85. The van der Waals surface area contributed by atoms with Crippen LogP contribution in [0.5, 0.6) is 0 Å². The highest BCUT2D eigenvalue weighted by atomic mass is 32.2. The molecule has 5 nitrogen and oxygen atoms in total. The Kier molecular flexibility index (Phi) is 3.32. The molecule has 0 spiro atoms. The number of piperazine rings is 1. The van der Waals surface area contributed by atoms with E-state index in [1.807, 2.05) is 6.92 Å². The third-order valence-corrected chi connectivity index (χ3v) is 6.08. The van der Waals surface area contributed by atoms with Crippen molar-refractivity contribution >= 4 is 10.0 Å². The van der Waals surface area contributed by atoms with Gasteiger partial charge in [-0.15, -0.1) is 0 Å². The fourth-order valence-electron chi connectivity index (χ4n) is 3.13. The van der Waals surface area contributed by atoms with Gasteiger partial charge in [0, 0.05) is 37.6 Å². The van der Waals surface area contributed by atoms with Crippen molar-refractivity contribution in [2.75, 3.05) is 19.6 Å². The summed E-state index contributed by atoms with van der Waals surface area (Å²) in [7, 11) is -3.41. The maximum absolute atomic E-state index is 12.7. The lowest BCUT2D eigenvalue weighted by atomic mass is 10.1. The van der Waals surface area contributed by atoms with Gasteiger partial charge >= 0.3 is 0 Å². The summed E-state index contributed by atoms with van der Waals surface area (Å²) in [6, 6.07) is 3.71. The Hall–Kier alpha value is -0.980. The maximum atomic E-state index is 12.7. The topological polar surface area (TPSA) is 53.5 Å². The van der Waals surface area contributed by atoms with Gasteiger partial charge in [-0.1, -0.05) is 0 Å². The Morgan fingerprint density at radius 1 is 1.37 bits per heavy atom. The molecule has 0 saturated carbocycles. The summed E-state index contributed by atoms with van der Waals surface area (Å²) in [6.45, 7) is 4.54. The molecule has 0 amide bonds. The summed E-state index contributed by atoms with van der Waals surface area (Å²) in [5.41, 5.74) is 0. The fourth-order valence-corrected chi connectivity index (χ4v) is 4.75. The molecule has 0 radical (unpaired) electrons. The lowest BCUT2D eigenvalue weighted by molar-refractivity contribution is 0.117. The highest BCUT2D eigenvalue weighted by molar-refractivity contribution is 7.89. The quantitative estimate of drug-likeness (QED) is 0.809. The Morgan fingerprint density at radius 2 is 2.21 bits per heavy atom. The fraction of sp³-hybridized carbons (Fsp3) is 0.615. The number of hydrogen-bond acceptors (Lipinski definition) is 4. The summed E-state index contributed by atoms with van der Waals surface area (Å²) in [6.07, 6.45) is 5.31. The molecule has 6 heteroatoms. The normalized spacial score (nSPS) is 29.3. The van der Waals surface area contributed by atoms with Gasteiger partial charge in [0.1, 0.15) is 4.90 Å². The van der Waals surface area contributed by atoms with Crippen LogP contribution in [0, 0.1) is 0 Å². The van der Waals surface area contributed by atoms with E-state index in [1.54, 1.807) is 22.6 Å². The van der Waals surface area contributed by atoms with E-state index in [0.29, 0.717) is 17.5 Å². The highest BCUT2D eigenvalue weighted by Crippen LogP contribution is 2.28. The number of aromatic nitrogens is 1. The maximum Gasteiger partial charge on any atom is 0.244 e. The average molecular weight is 281 g/mol. The van der Waals surface area contributed by atoms with Crippen LogP contribution in [0.4, 0.5) is 0 Å². The zero-order valence-electron chi connectivity index (χ0n) is 11.1. The SMILES string of the molecule is C[C@@H]1CN2CCC[C@@H]2CN1S(=O)(=O)c1cccnc1. The molecule has 2 saturated heterocycles. The Bertz CT molecular complexity index is 546. The first-order valence-electron chi connectivity index (χ1n) is 6.75. The number of rotatable bonds is 2. The second-order valence-corrected chi connectivity index (χ2v) is 7.29. The van der Waals surface area contributed by atoms with Gasteiger partial charge in [0.2, 0.25) is 10.0 Å². The Labute approximate surface area is 114 Å². The molecule has 0 unspecified atom stereocenters. The van der Waals surface area contributed by atoms with Crippen LogP contribution in [0.15, 0.2) is 29.4 Å². The van der Waals surface area contributed by atoms with Crippen molar-refractivity contribution in [1.29, 1.82) is 0 Å². The molecule has 2 atom stereocenters. The van der Waals surface area contributed by atoms with E-state index in [1.165, 1.54) is 12.6 Å². The van der Waals surface area contributed by atoms with Crippen LogP contribution in [0.2, 0.25) is 0 Å². The third kappa shape index (κ3) is 2.28. The van der Waals surface area contributed by atoms with Crippen LogP contribution in [0.1, 0.15) is 19.8 Å². The number of sulfonamides is 1. The minimum Gasteiger partial charge on any atom is -0.297 e.